The number of fused-ring (bicyclic) bond motifs is 1. The minimum atomic E-state index is -0.343. The molecule has 0 radical (unpaired) electrons. The second-order valence-corrected chi connectivity index (χ2v) is 3.89. The van der Waals surface area contributed by atoms with Crippen LogP contribution in [0.25, 0.3) is 0 Å². The molecule has 1 heterocycles. The summed E-state index contributed by atoms with van der Waals surface area (Å²) in [6.45, 7) is 2.15. The van der Waals surface area contributed by atoms with Crippen molar-refractivity contribution in [3.05, 3.63) is 33.7 Å². The molecule has 1 aliphatic rings. The van der Waals surface area contributed by atoms with Crippen molar-refractivity contribution >= 4 is 5.97 Å². The molecular weight excluding hydrogens is 206 g/mol. The first-order valence-corrected chi connectivity index (χ1v) is 5.59. The molecule has 0 unspecified atom stereocenters. The summed E-state index contributed by atoms with van der Waals surface area (Å²) in [4.78, 5) is 23.1. The van der Waals surface area contributed by atoms with E-state index >= 15 is 0 Å². The predicted molar refractivity (Wildman–Crippen MR) is 59.4 cm³/mol. The van der Waals surface area contributed by atoms with Crippen LogP contribution < -0.4 is 5.56 Å². The van der Waals surface area contributed by atoms with E-state index < -0.39 is 0 Å². The second kappa shape index (κ2) is 4.51. The number of ether oxygens (including phenoxy) is 1. The summed E-state index contributed by atoms with van der Waals surface area (Å²) in [5.41, 5.74) is 2.07. The zero-order chi connectivity index (χ0) is 11.5. The molecular formula is C12H15NO3. The van der Waals surface area contributed by atoms with Gasteiger partial charge in [-0.05, 0) is 31.7 Å². The summed E-state index contributed by atoms with van der Waals surface area (Å²) in [5, 5.41) is 0. The lowest BCUT2D eigenvalue weighted by Crippen LogP contribution is -2.27. The number of hydrogen-bond acceptors (Lipinski definition) is 3. The van der Waals surface area contributed by atoms with Crippen molar-refractivity contribution in [3.8, 4) is 0 Å². The summed E-state index contributed by atoms with van der Waals surface area (Å²) < 4.78 is 6.40. The Labute approximate surface area is 93.8 Å². The van der Waals surface area contributed by atoms with Crippen LogP contribution in [0.5, 0.6) is 0 Å². The zero-order valence-corrected chi connectivity index (χ0v) is 9.36. The number of hydrogen-bond donors (Lipinski definition) is 0. The third-order valence-corrected chi connectivity index (χ3v) is 2.84. The number of pyridine rings is 1. The van der Waals surface area contributed by atoms with E-state index in [4.69, 9.17) is 4.74 Å². The number of rotatable bonds is 3. The highest BCUT2D eigenvalue weighted by atomic mass is 16.5. The van der Waals surface area contributed by atoms with Crippen LogP contribution in [0.4, 0.5) is 0 Å². The molecule has 4 nitrogen and oxygen atoms in total. The maximum atomic E-state index is 11.7. The van der Waals surface area contributed by atoms with E-state index in [0.717, 1.165) is 25.0 Å². The summed E-state index contributed by atoms with van der Waals surface area (Å²) >= 11 is 0. The number of aromatic nitrogens is 1. The molecule has 1 aromatic rings. The Bertz CT molecular complexity index is 462. The lowest BCUT2D eigenvalue weighted by atomic mass is 10.2. The molecule has 0 atom stereocenters. The third kappa shape index (κ3) is 2.01. The van der Waals surface area contributed by atoms with E-state index in [0.29, 0.717) is 6.61 Å². The molecule has 2 rings (SSSR count). The van der Waals surface area contributed by atoms with Gasteiger partial charge in [-0.1, -0.05) is 6.07 Å². The van der Waals surface area contributed by atoms with Gasteiger partial charge in [-0.25, -0.2) is 0 Å². The van der Waals surface area contributed by atoms with Crippen molar-refractivity contribution < 1.29 is 9.53 Å². The first kappa shape index (κ1) is 10.9. The van der Waals surface area contributed by atoms with Crippen molar-refractivity contribution in [1.82, 2.24) is 4.57 Å². The quantitative estimate of drug-likeness (QED) is 0.712. The SMILES string of the molecule is CCOC(=O)Cn1c2c(ccc1=O)CCC2. The number of carbonyl (C=O) groups is 1. The van der Waals surface area contributed by atoms with Crippen molar-refractivity contribution in [3.63, 3.8) is 0 Å². The summed E-state index contributed by atoms with van der Waals surface area (Å²) in [5.74, 6) is -0.343. The second-order valence-electron chi connectivity index (χ2n) is 3.89. The van der Waals surface area contributed by atoms with E-state index in [1.165, 1.54) is 11.6 Å². The van der Waals surface area contributed by atoms with Crippen LogP contribution in [0.3, 0.4) is 0 Å². The van der Waals surface area contributed by atoms with Crippen LogP contribution in [-0.4, -0.2) is 17.1 Å². The number of nitrogens with zero attached hydrogens (tertiary/aromatic N) is 1. The van der Waals surface area contributed by atoms with Gasteiger partial charge in [-0.3, -0.25) is 9.59 Å². The highest BCUT2D eigenvalue weighted by molar-refractivity contribution is 5.69. The molecule has 0 saturated heterocycles. The van der Waals surface area contributed by atoms with Crippen molar-refractivity contribution in [2.75, 3.05) is 6.61 Å². The zero-order valence-electron chi connectivity index (χ0n) is 9.36. The van der Waals surface area contributed by atoms with Crippen LogP contribution in [0.15, 0.2) is 16.9 Å². The topological polar surface area (TPSA) is 48.3 Å². The average molecular weight is 221 g/mol. The molecule has 4 heteroatoms. The number of esters is 1. The third-order valence-electron chi connectivity index (χ3n) is 2.84. The normalized spacial score (nSPS) is 13.6. The van der Waals surface area contributed by atoms with E-state index in [-0.39, 0.29) is 18.1 Å². The Hall–Kier alpha value is -1.58. The lowest BCUT2D eigenvalue weighted by molar-refractivity contribution is -0.143. The monoisotopic (exact) mass is 221 g/mol. The van der Waals surface area contributed by atoms with Gasteiger partial charge in [0.05, 0.1) is 6.61 Å². The molecule has 1 aliphatic carbocycles. The lowest BCUT2D eigenvalue weighted by Gasteiger charge is -2.10. The van der Waals surface area contributed by atoms with E-state index in [9.17, 15) is 9.59 Å². The molecule has 0 amide bonds. The first-order valence-electron chi connectivity index (χ1n) is 5.59. The van der Waals surface area contributed by atoms with Gasteiger partial charge in [0.1, 0.15) is 6.54 Å². The fourth-order valence-corrected chi connectivity index (χ4v) is 2.14. The highest BCUT2D eigenvalue weighted by Gasteiger charge is 2.17. The standard InChI is InChI=1S/C12H15NO3/c1-2-16-12(15)8-13-10-5-3-4-9(10)6-7-11(13)14/h6-7H,2-5,8H2,1H3. The number of carbonyl (C=O) groups excluding carboxylic acids is 1. The van der Waals surface area contributed by atoms with Crippen LogP contribution in [0.2, 0.25) is 0 Å². The van der Waals surface area contributed by atoms with E-state index in [1.54, 1.807) is 11.5 Å². The minimum absolute atomic E-state index is 0.0375. The van der Waals surface area contributed by atoms with Crippen LogP contribution >= 0.6 is 0 Å². The average Bonchev–Trinajstić information content (AvgIpc) is 2.71. The van der Waals surface area contributed by atoms with Crippen LogP contribution in [0, 0.1) is 0 Å². The van der Waals surface area contributed by atoms with Crippen molar-refractivity contribution in [2.24, 2.45) is 0 Å². The summed E-state index contributed by atoms with van der Waals surface area (Å²) in [6.07, 6.45) is 2.94. The van der Waals surface area contributed by atoms with Crippen molar-refractivity contribution in [2.45, 2.75) is 32.7 Å². The maximum absolute atomic E-state index is 11.7. The van der Waals surface area contributed by atoms with Gasteiger partial charge in [-0.2, -0.15) is 0 Å². The van der Waals surface area contributed by atoms with Gasteiger partial charge < -0.3 is 9.30 Å². The molecule has 0 saturated carbocycles. The Balaban J connectivity index is 2.30. The fraction of sp³-hybridized carbons (Fsp3) is 0.500. The van der Waals surface area contributed by atoms with Gasteiger partial charge in [0, 0.05) is 11.8 Å². The molecule has 86 valence electrons. The largest absolute Gasteiger partial charge is 0.465 e. The Kier molecular flexibility index (Phi) is 3.08. The van der Waals surface area contributed by atoms with Gasteiger partial charge in [-0.15, -0.1) is 0 Å². The smallest absolute Gasteiger partial charge is 0.326 e. The van der Waals surface area contributed by atoms with Crippen LogP contribution in [-0.2, 0) is 28.9 Å². The fourth-order valence-electron chi connectivity index (χ4n) is 2.14. The maximum Gasteiger partial charge on any atom is 0.326 e. The molecule has 16 heavy (non-hydrogen) atoms. The molecule has 0 N–H and O–H groups in total. The van der Waals surface area contributed by atoms with E-state index in [2.05, 4.69) is 0 Å². The first-order chi connectivity index (χ1) is 7.72. The minimum Gasteiger partial charge on any atom is -0.465 e. The Morgan fingerprint density at radius 3 is 3.00 bits per heavy atom. The van der Waals surface area contributed by atoms with Gasteiger partial charge in [0.15, 0.2) is 0 Å². The van der Waals surface area contributed by atoms with Gasteiger partial charge in [0.2, 0.25) is 0 Å². The predicted octanol–water partition coefficient (Wildman–Crippen LogP) is 0.900. The summed E-state index contributed by atoms with van der Waals surface area (Å²) in [6, 6.07) is 3.40. The van der Waals surface area contributed by atoms with Gasteiger partial charge in [0.25, 0.3) is 5.56 Å². The Morgan fingerprint density at radius 1 is 1.44 bits per heavy atom. The van der Waals surface area contributed by atoms with Crippen molar-refractivity contribution in [1.29, 1.82) is 0 Å². The van der Waals surface area contributed by atoms with Crippen LogP contribution in [0.1, 0.15) is 24.6 Å². The number of aryl methyl sites for hydroxylation is 1. The molecule has 0 spiro atoms. The molecule has 0 aliphatic heterocycles. The highest BCUT2D eigenvalue weighted by Crippen LogP contribution is 2.19. The Morgan fingerprint density at radius 2 is 2.25 bits per heavy atom. The van der Waals surface area contributed by atoms with Gasteiger partial charge >= 0.3 is 5.97 Å². The molecule has 1 aromatic heterocycles. The van der Waals surface area contributed by atoms with E-state index in [1.807, 2.05) is 6.07 Å². The molecule has 0 aromatic carbocycles. The molecule has 0 fully saturated rings. The summed E-state index contributed by atoms with van der Waals surface area (Å²) in [7, 11) is 0. The molecule has 0 bridgehead atoms.